The van der Waals surface area contributed by atoms with Crippen molar-refractivity contribution in [3.63, 3.8) is 0 Å². The molecule has 2 atom stereocenters. The van der Waals surface area contributed by atoms with Gasteiger partial charge in [-0.05, 0) is 70.4 Å². The lowest BCUT2D eigenvalue weighted by Gasteiger charge is -2.41. The standard InChI is InChI=1S/C28H36N6O5S2/c1-7-18-14-33(41(37,38)22-10-9-13-29-25(22)39-18)15-20-17(4)40-26(30-20)23(28(5,6)27(35)36)19-11-12-21-24(16(19)3)31-32-34(21)8-2/h9-13,18,23,37-38H,7-8,14-15H2,1-6H3,(H,35,36)/t18-,23-/m1/s1. The molecule has 3 N–H and O–H groups in total. The highest BCUT2D eigenvalue weighted by Gasteiger charge is 2.43. The predicted molar refractivity (Wildman–Crippen MR) is 159 cm³/mol. The molecule has 1 aromatic carbocycles. The third kappa shape index (κ3) is 5.10. The second-order valence-electron chi connectivity index (χ2n) is 10.9. The van der Waals surface area contributed by atoms with Gasteiger partial charge >= 0.3 is 5.97 Å². The number of nitrogens with zero attached hydrogens (tertiary/aromatic N) is 6. The van der Waals surface area contributed by atoms with Gasteiger partial charge in [0.2, 0.25) is 5.88 Å². The Morgan fingerprint density at radius 2 is 2.00 bits per heavy atom. The molecule has 1 aliphatic rings. The quantitative estimate of drug-likeness (QED) is 0.225. The van der Waals surface area contributed by atoms with Crippen LogP contribution in [0.3, 0.4) is 0 Å². The number of thiazole rings is 1. The van der Waals surface area contributed by atoms with E-state index in [4.69, 9.17) is 9.72 Å². The molecule has 4 heterocycles. The number of ether oxygens (including phenoxy) is 1. The summed E-state index contributed by atoms with van der Waals surface area (Å²) in [5, 5.41) is 19.6. The van der Waals surface area contributed by atoms with Gasteiger partial charge in [0.1, 0.15) is 21.5 Å². The van der Waals surface area contributed by atoms with Crippen molar-refractivity contribution in [3.8, 4) is 5.88 Å². The Balaban J connectivity index is 1.58. The molecule has 0 unspecified atom stereocenters. The van der Waals surface area contributed by atoms with Gasteiger partial charge in [-0.3, -0.25) is 13.9 Å². The summed E-state index contributed by atoms with van der Waals surface area (Å²) >= 11 is 1.43. The van der Waals surface area contributed by atoms with E-state index in [0.29, 0.717) is 23.7 Å². The molecule has 0 fully saturated rings. The molecule has 1 aliphatic heterocycles. The second-order valence-corrected chi connectivity index (χ2v) is 14.1. The average Bonchev–Trinajstić information content (AvgIpc) is 3.49. The number of hydrogen-bond donors (Lipinski definition) is 3. The summed E-state index contributed by atoms with van der Waals surface area (Å²) < 4.78 is 32.3. The number of rotatable bonds is 8. The molecule has 11 nitrogen and oxygen atoms in total. The van der Waals surface area contributed by atoms with E-state index >= 15 is 0 Å². The summed E-state index contributed by atoms with van der Waals surface area (Å²) in [6, 6.07) is 7.18. The number of carbonyl (C=O) groups is 1. The molecule has 13 heteroatoms. The van der Waals surface area contributed by atoms with Crippen LogP contribution in [0.1, 0.15) is 66.7 Å². The predicted octanol–water partition coefficient (Wildman–Crippen LogP) is 5.86. The maximum atomic E-state index is 12.6. The van der Waals surface area contributed by atoms with Crippen molar-refractivity contribution in [2.24, 2.45) is 5.41 Å². The van der Waals surface area contributed by atoms with Crippen molar-refractivity contribution in [2.45, 2.75) is 78.0 Å². The van der Waals surface area contributed by atoms with Gasteiger partial charge < -0.3 is 9.84 Å². The number of benzene rings is 1. The smallest absolute Gasteiger partial charge is 0.310 e. The van der Waals surface area contributed by atoms with E-state index in [9.17, 15) is 19.0 Å². The fourth-order valence-electron chi connectivity index (χ4n) is 5.28. The first-order chi connectivity index (χ1) is 19.4. The number of carboxylic acids is 1. The van der Waals surface area contributed by atoms with Crippen LogP contribution in [0.4, 0.5) is 0 Å². The molecule has 0 saturated carbocycles. The molecule has 0 aliphatic carbocycles. The van der Waals surface area contributed by atoms with Gasteiger partial charge in [-0.25, -0.2) is 14.6 Å². The first kappa shape index (κ1) is 29.4. The first-order valence-corrected chi connectivity index (χ1v) is 15.9. The van der Waals surface area contributed by atoms with Gasteiger partial charge in [-0.15, -0.1) is 27.2 Å². The van der Waals surface area contributed by atoms with Gasteiger partial charge in [0.05, 0.1) is 35.6 Å². The second kappa shape index (κ2) is 11.0. The molecule has 0 amide bonds. The van der Waals surface area contributed by atoms with Crippen molar-refractivity contribution in [2.75, 3.05) is 6.54 Å². The Bertz CT molecular complexity index is 1600. The average molecular weight is 601 g/mol. The maximum absolute atomic E-state index is 12.6. The van der Waals surface area contributed by atoms with Crippen LogP contribution in [-0.2, 0) is 17.9 Å². The lowest BCUT2D eigenvalue weighted by molar-refractivity contribution is -0.147. The number of carboxylic acid groups (broad SMARTS) is 1. The van der Waals surface area contributed by atoms with E-state index in [-0.39, 0.29) is 30.0 Å². The minimum absolute atomic E-state index is 0.155. The van der Waals surface area contributed by atoms with Crippen molar-refractivity contribution in [1.82, 2.24) is 29.3 Å². The minimum atomic E-state index is -3.41. The van der Waals surface area contributed by atoms with Crippen LogP contribution in [-0.4, -0.2) is 62.1 Å². The zero-order valence-electron chi connectivity index (χ0n) is 24.0. The van der Waals surface area contributed by atoms with Crippen molar-refractivity contribution in [3.05, 3.63) is 57.2 Å². The number of pyridine rings is 1. The van der Waals surface area contributed by atoms with E-state index in [1.807, 2.05) is 44.5 Å². The van der Waals surface area contributed by atoms with Crippen LogP contribution in [0.2, 0.25) is 0 Å². The van der Waals surface area contributed by atoms with Gasteiger partial charge in [-0.2, -0.15) is 4.31 Å². The summed E-state index contributed by atoms with van der Waals surface area (Å²) in [5.41, 5.74) is 2.79. The summed E-state index contributed by atoms with van der Waals surface area (Å²) in [6.07, 6.45) is 1.93. The Labute approximate surface area is 244 Å². The highest BCUT2D eigenvalue weighted by Crippen LogP contribution is 2.57. The number of fused-ring (bicyclic) bond motifs is 2. The van der Waals surface area contributed by atoms with E-state index in [1.165, 1.54) is 11.3 Å². The molecular weight excluding hydrogens is 564 g/mol. The normalized spacial score (nSPS) is 18.9. The Kier molecular flexibility index (Phi) is 7.85. The Hall–Kier alpha value is -3.10. The number of aromatic nitrogens is 5. The number of aliphatic carboxylic acids is 1. The molecule has 0 saturated heterocycles. The molecule has 0 bridgehead atoms. The molecule has 0 radical (unpaired) electrons. The Morgan fingerprint density at radius 1 is 1.24 bits per heavy atom. The van der Waals surface area contributed by atoms with E-state index in [1.54, 1.807) is 36.5 Å². The van der Waals surface area contributed by atoms with E-state index < -0.39 is 28.1 Å². The summed E-state index contributed by atoms with van der Waals surface area (Å²) in [5.74, 6) is -1.29. The van der Waals surface area contributed by atoms with Gasteiger partial charge in [0.25, 0.3) is 0 Å². The van der Waals surface area contributed by atoms with Crippen molar-refractivity contribution < 1.29 is 23.7 Å². The maximum Gasteiger partial charge on any atom is 0.310 e. The molecule has 3 aromatic heterocycles. The van der Waals surface area contributed by atoms with E-state index in [2.05, 4.69) is 15.3 Å². The van der Waals surface area contributed by atoms with Gasteiger partial charge in [0, 0.05) is 17.6 Å². The molecule has 41 heavy (non-hydrogen) atoms. The van der Waals surface area contributed by atoms with Crippen LogP contribution in [0.5, 0.6) is 5.88 Å². The molecule has 5 rings (SSSR count). The van der Waals surface area contributed by atoms with Crippen molar-refractivity contribution >= 4 is 39.1 Å². The third-order valence-electron chi connectivity index (χ3n) is 7.88. The molecule has 4 aromatic rings. The van der Waals surface area contributed by atoms with Crippen LogP contribution < -0.4 is 4.74 Å². The van der Waals surface area contributed by atoms with Crippen LogP contribution in [0.25, 0.3) is 11.0 Å². The first-order valence-electron chi connectivity index (χ1n) is 13.6. The highest BCUT2D eigenvalue weighted by molar-refractivity contribution is 8.22. The zero-order valence-corrected chi connectivity index (χ0v) is 25.7. The fraction of sp³-hybridized carbons (Fsp3) is 0.464. The van der Waals surface area contributed by atoms with Crippen LogP contribution in [0, 0.1) is 19.3 Å². The van der Waals surface area contributed by atoms with Gasteiger partial charge in [0.15, 0.2) is 0 Å². The lowest BCUT2D eigenvalue weighted by Crippen LogP contribution is -2.35. The zero-order chi connectivity index (χ0) is 29.7. The van der Waals surface area contributed by atoms with Gasteiger partial charge in [-0.1, -0.05) is 18.2 Å². The molecular formula is C28H36N6O5S2. The monoisotopic (exact) mass is 600 g/mol. The number of aryl methyl sites for hydroxylation is 3. The summed E-state index contributed by atoms with van der Waals surface area (Å²) in [6.45, 7) is 12.4. The van der Waals surface area contributed by atoms with Crippen LogP contribution >= 0.6 is 22.1 Å². The molecule has 0 spiro atoms. The SMILES string of the molecule is CC[C@@H]1CN(Cc2nc([C@@H](c3ccc4c(nnn4CC)c3C)C(C)(C)C(=O)O)sc2C)S(O)(O)c2cccnc2O1. The highest BCUT2D eigenvalue weighted by atomic mass is 32.3. The topological polar surface area (TPSA) is 147 Å². The minimum Gasteiger partial charge on any atom is -0.481 e. The summed E-state index contributed by atoms with van der Waals surface area (Å²) in [7, 11) is -3.41. The van der Waals surface area contributed by atoms with Crippen molar-refractivity contribution in [1.29, 1.82) is 0 Å². The molecule has 220 valence electrons. The largest absolute Gasteiger partial charge is 0.481 e. The third-order valence-corrected chi connectivity index (χ3v) is 10.9. The van der Waals surface area contributed by atoms with Crippen LogP contribution in [0.15, 0.2) is 35.4 Å². The number of hydrogen-bond acceptors (Lipinski definition) is 10. The van der Waals surface area contributed by atoms with E-state index in [0.717, 1.165) is 27.0 Å². The Morgan fingerprint density at radius 3 is 2.68 bits per heavy atom. The lowest BCUT2D eigenvalue weighted by atomic mass is 9.74. The fourth-order valence-corrected chi connectivity index (χ4v) is 8.06. The summed E-state index contributed by atoms with van der Waals surface area (Å²) in [4.78, 5) is 23.0.